The molecule has 0 nitrogen and oxygen atoms in total. The fourth-order valence-electron chi connectivity index (χ4n) is 7.15. The molecule has 0 fully saturated rings. The molecule has 1 aliphatic rings. The highest BCUT2D eigenvalue weighted by molar-refractivity contribution is 7.80. The van der Waals surface area contributed by atoms with Crippen LogP contribution in [0.3, 0.4) is 0 Å². The van der Waals surface area contributed by atoms with Crippen molar-refractivity contribution in [2.75, 3.05) is 0 Å². The monoisotopic (exact) mass is 562 g/mol. The highest BCUT2D eigenvalue weighted by atomic mass is 31.1. The van der Waals surface area contributed by atoms with E-state index >= 15 is 0 Å². The minimum Gasteiger partial charge on any atom is -0.0622 e. The number of hydrogen-bond acceptors (Lipinski definition) is 0. The van der Waals surface area contributed by atoms with Gasteiger partial charge in [-0.15, -0.1) is 0 Å². The van der Waals surface area contributed by atoms with Crippen molar-refractivity contribution in [3.05, 3.63) is 164 Å². The lowest BCUT2D eigenvalue weighted by Gasteiger charge is -2.27. The molecule has 0 heterocycles. The zero-order valence-electron chi connectivity index (χ0n) is 23.5. The molecule has 0 amide bonds. The van der Waals surface area contributed by atoms with Gasteiger partial charge in [0.25, 0.3) is 0 Å². The molecule has 1 aliphatic carbocycles. The van der Waals surface area contributed by atoms with E-state index in [-0.39, 0.29) is 0 Å². The highest BCUT2D eigenvalue weighted by Gasteiger charge is 2.33. The second-order valence-electron chi connectivity index (χ2n) is 11.3. The van der Waals surface area contributed by atoms with Gasteiger partial charge in [-0.05, 0) is 90.3 Å². The average Bonchev–Trinajstić information content (AvgIpc) is 3.41. The molecular weight excluding hydrogens is 535 g/mol. The van der Waals surface area contributed by atoms with Crippen molar-refractivity contribution in [3.8, 4) is 33.4 Å². The SMILES string of the molecule is c1ccc(-c2c3c(c(P(c4ccccc4)c4ccc5ccccc5c4)c4ccccc24)-c2cccc4cccc-3c24)cc1. The van der Waals surface area contributed by atoms with Gasteiger partial charge < -0.3 is 0 Å². The first-order valence-electron chi connectivity index (χ1n) is 14.9. The predicted molar refractivity (Wildman–Crippen MR) is 188 cm³/mol. The summed E-state index contributed by atoms with van der Waals surface area (Å²) in [6.45, 7) is 0. The van der Waals surface area contributed by atoms with Crippen LogP contribution in [0.2, 0.25) is 0 Å². The van der Waals surface area contributed by atoms with Crippen LogP contribution in [0.25, 0.3) is 65.7 Å². The Hall–Kier alpha value is -5.03. The molecule has 200 valence electrons. The molecule has 8 aromatic carbocycles. The van der Waals surface area contributed by atoms with E-state index in [2.05, 4.69) is 164 Å². The molecule has 0 N–H and O–H groups in total. The lowest BCUT2D eigenvalue weighted by Crippen LogP contribution is -2.23. The van der Waals surface area contributed by atoms with Crippen LogP contribution in [0, 0.1) is 0 Å². The van der Waals surface area contributed by atoms with E-state index in [9.17, 15) is 0 Å². The molecule has 43 heavy (non-hydrogen) atoms. The topological polar surface area (TPSA) is 0 Å². The molecule has 9 rings (SSSR count). The predicted octanol–water partition coefficient (Wildman–Crippen LogP) is 10.2. The Bertz CT molecular complexity index is 2330. The van der Waals surface area contributed by atoms with Crippen molar-refractivity contribution in [1.82, 2.24) is 0 Å². The third kappa shape index (κ3) is 3.74. The molecule has 0 saturated heterocycles. The van der Waals surface area contributed by atoms with Crippen LogP contribution in [0.1, 0.15) is 0 Å². The van der Waals surface area contributed by atoms with Crippen LogP contribution in [-0.4, -0.2) is 0 Å². The van der Waals surface area contributed by atoms with Crippen LogP contribution in [-0.2, 0) is 0 Å². The molecule has 1 unspecified atom stereocenters. The van der Waals surface area contributed by atoms with E-state index in [4.69, 9.17) is 0 Å². The normalized spacial score (nSPS) is 12.6. The highest BCUT2D eigenvalue weighted by Crippen LogP contribution is 2.55. The Morgan fingerprint density at radius 2 is 0.953 bits per heavy atom. The zero-order chi connectivity index (χ0) is 28.3. The summed E-state index contributed by atoms with van der Waals surface area (Å²) in [5, 5.41) is 12.1. The first-order valence-corrected chi connectivity index (χ1v) is 16.2. The fraction of sp³-hybridized carbons (Fsp3) is 0. The van der Waals surface area contributed by atoms with Gasteiger partial charge >= 0.3 is 0 Å². The summed E-state index contributed by atoms with van der Waals surface area (Å²) >= 11 is 0. The zero-order valence-corrected chi connectivity index (χ0v) is 24.4. The second-order valence-corrected chi connectivity index (χ2v) is 13.4. The summed E-state index contributed by atoms with van der Waals surface area (Å²) in [5.41, 5.74) is 8.06. The standard InChI is InChI=1S/C42H27P/c1-3-14-30(15-4-1)39-34-21-9-10-22-35(34)42(41-37-24-12-18-29-17-11-23-36(38(29)37)40(39)41)43(32-19-5-2-6-20-32)33-26-25-28-13-7-8-16-31(28)27-33/h1-27H. The van der Waals surface area contributed by atoms with Crippen molar-refractivity contribution in [2.24, 2.45) is 0 Å². The first-order chi connectivity index (χ1) is 21.4. The van der Waals surface area contributed by atoms with E-state index in [0.29, 0.717) is 0 Å². The fourth-order valence-corrected chi connectivity index (χ4v) is 9.81. The Morgan fingerprint density at radius 3 is 1.72 bits per heavy atom. The molecule has 0 radical (unpaired) electrons. The summed E-state index contributed by atoms with van der Waals surface area (Å²) in [5.74, 6) is 0. The lowest BCUT2D eigenvalue weighted by atomic mass is 9.88. The smallest absolute Gasteiger partial charge is 0.00129 e. The third-order valence-electron chi connectivity index (χ3n) is 8.92. The molecular formula is C42H27P. The Balaban J connectivity index is 1.49. The minimum absolute atomic E-state index is 0.888. The second kappa shape index (κ2) is 9.77. The molecule has 0 bridgehead atoms. The van der Waals surface area contributed by atoms with E-state index in [1.54, 1.807) is 0 Å². The van der Waals surface area contributed by atoms with Crippen LogP contribution < -0.4 is 15.9 Å². The third-order valence-corrected chi connectivity index (χ3v) is 11.4. The molecule has 0 aliphatic heterocycles. The summed E-state index contributed by atoms with van der Waals surface area (Å²) in [7, 11) is -0.888. The Labute approximate surface area is 252 Å². The molecule has 0 saturated carbocycles. The van der Waals surface area contributed by atoms with E-state index in [0.717, 1.165) is 0 Å². The lowest BCUT2D eigenvalue weighted by molar-refractivity contribution is 1.65. The average molecular weight is 563 g/mol. The van der Waals surface area contributed by atoms with Crippen molar-refractivity contribution in [2.45, 2.75) is 0 Å². The van der Waals surface area contributed by atoms with Gasteiger partial charge in [-0.3, -0.25) is 0 Å². The number of hydrogen-bond donors (Lipinski definition) is 0. The van der Waals surface area contributed by atoms with Gasteiger partial charge in [0.15, 0.2) is 0 Å². The van der Waals surface area contributed by atoms with E-state index in [1.807, 2.05) is 0 Å². The van der Waals surface area contributed by atoms with Crippen LogP contribution in [0.5, 0.6) is 0 Å². The van der Waals surface area contributed by atoms with Crippen molar-refractivity contribution < 1.29 is 0 Å². The molecule has 1 atom stereocenters. The maximum Gasteiger partial charge on any atom is 0.00129 e. The summed E-state index contributed by atoms with van der Waals surface area (Å²) in [4.78, 5) is 0. The Morgan fingerprint density at radius 1 is 0.349 bits per heavy atom. The quantitative estimate of drug-likeness (QED) is 0.187. The van der Waals surface area contributed by atoms with Gasteiger partial charge in [0, 0.05) is 5.30 Å². The van der Waals surface area contributed by atoms with Gasteiger partial charge in [0.2, 0.25) is 0 Å². The van der Waals surface area contributed by atoms with Gasteiger partial charge in [-0.25, -0.2) is 0 Å². The Kier molecular flexibility index (Phi) is 5.58. The van der Waals surface area contributed by atoms with Crippen LogP contribution >= 0.6 is 7.92 Å². The van der Waals surface area contributed by atoms with Gasteiger partial charge in [0.05, 0.1) is 0 Å². The maximum absolute atomic E-state index is 2.43. The first kappa shape index (κ1) is 24.6. The van der Waals surface area contributed by atoms with E-state index < -0.39 is 7.92 Å². The van der Waals surface area contributed by atoms with Gasteiger partial charge in [0.1, 0.15) is 0 Å². The minimum atomic E-state index is -0.888. The summed E-state index contributed by atoms with van der Waals surface area (Å²) in [6, 6.07) is 60.8. The number of rotatable bonds is 4. The van der Waals surface area contributed by atoms with Crippen LogP contribution in [0.15, 0.2) is 164 Å². The van der Waals surface area contributed by atoms with Gasteiger partial charge in [-0.2, -0.15) is 0 Å². The van der Waals surface area contributed by atoms with Crippen molar-refractivity contribution >= 4 is 56.2 Å². The molecule has 1 heteroatoms. The molecule has 0 spiro atoms. The summed E-state index contributed by atoms with van der Waals surface area (Å²) in [6.07, 6.45) is 0. The molecule has 8 aromatic rings. The molecule has 0 aromatic heterocycles. The van der Waals surface area contributed by atoms with E-state index in [1.165, 1.54) is 81.6 Å². The van der Waals surface area contributed by atoms with Crippen molar-refractivity contribution in [1.29, 1.82) is 0 Å². The largest absolute Gasteiger partial charge is 0.0622 e. The summed E-state index contributed by atoms with van der Waals surface area (Å²) < 4.78 is 0. The maximum atomic E-state index is 2.43. The van der Waals surface area contributed by atoms with Crippen molar-refractivity contribution in [3.63, 3.8) is 0 Å². The van der Waals surface area contributed by atoms with Gasteiger partial charge in [-0.1, -0.05) is 158 Å². The van der Waals surface area contributed by atoms with Crippen LogP contribution in [0.4, 0.5) is 0 Å². The number of benzene rings is 8. The number of fused-ring (bicyclic) bond motifs is 5.